The summed E-state index contributed by atoms with van der Waals surface area (Å²) in [5.41, 5.74) is 2.78. The first-order chi connectivity index (χ1) is 8.74. The van der Waals surface area contributed by atoms with Gasteiger partial charge >= 0.3 is 0 Å². The van der Waals surface area contributed by atoms with Gasteiger partial charge in [0, 0.05) is 23.3 Å². The number of rotatable bonds is 6. The fourth-order valence-electron chi connectivity index (χ4n) is 2.44. The lowest BCUT2D eigenvalue weighted by Crippen LogP contribution is -2.32. The van der Waals surface area contributed by atoms with E-state index >= 15 is 0 Å². The molecule has 0 heterocycles. The minimum atomic E-state index is -0.981. The fraction of sp³-hybridized carbons (Fsp3) is 0.571. The molecule has 1 aromatic carbocycles. The van der Waals surface area contributed by atoms with Crippen LogP contribution in [0.5, 0.6) is 0 Å². The van der Waals surface area contributed by atoms with Crippen LogP contribution in [0.2, 0.25) is 0 Å². The molecule has 1 aromatic rings. The van der Waals surface area contributed by atoms with Crippen molar-refractivity contribution >= 4 is 10.8 Å². The molecule has 0 spiro atoms. The number of aliphatic hydroxyl groups is 1. The Kier molecular flexibility index (Phi) is 4.92. The summed E-state index contributed by atoms with van der Waals surface area (Å²) < 4.78 is 12.3. The smallest absolute Gasteiger partial charge is 0.0545 e. The maximum Gasteiger partial charge on any atom is 0.0545 e. The highest BCUT2D eigenvalue weighted by atomic mass is 32.2. The van der Waals surface area contributed by atoms with Gasteiger partial charge in [-0.05, 0) is 56.0 Å². The molecule has 0 radical (unpaired) electrons. The van der Waals surface area contributed by atoms with Crippen LogP contribution in [0.4, 0.5) is 0 Å². The lowest BCUT2D eigenvalue weighted by Gasteiger charge is -2.14. The van der Waals surface area contributed by atoms with E-state index < -0.39 is 10.8 Å². The van der Waals surface area contributed by atoms with E-state index in [1.807, 2.05) is 13.1 Å². The second-order valence-corrected chi connectivity index (χ2v) is 6.29. The topological polar surface area (TPSA) is 49.3 Å². The molecule has 2 unspecified atom stereocenters. The van der Waals surface area contributed by atoms with Crippen LogP contribution in [0, 0.1) is 0 Å². The minimum Gasteiger partial charge on any atom is -0.396 e. The van der Waals surface area contributed by atoms with Crippen LogP contribution in [-0.2, 0) is 23.6 Å². The molecule has 0 saturated heterocycles. The molecule has 18 heavy (non-hydrogen) atoms. The largest absolute Gasteiger partial charge is 0.396 e. The molecule has 1 aliphatic carbocycles. The van der Waals surface area contributed by atoms with Crippen molar-refractivity contribution in [2.45, 2.75) is 36.6 Å². The van der Waals surface area contributed by atoms with Gasteiger partial charge in [0.25, 0.3) is 0 Å². The van der Waals surface area contributed by atoms with E-state index in [9.17, 15) is 4.21 Å². The molecule has 0 aromatic heterocycles. The molecule has 2 rings (SSSR count). The highest BCUT2D eigenvalue weighted by Crippen LogP contribution is 2.24. The Hall–Kier alpha value is -0.710. The highest BCUT2D eigenvalue weighted by Gasteiger charge is 2.15. The SMILES string of the molecule is CNC(CCO)CS(=O)c1ccc2c(c1)CCC2. The van der Waals surface area contributed by atoms with Crippen LogP contribution in [0.1, 0.15) is 24.0 Å². The average Bonchev–Trinajstić information content (AvgIpc) is 2.85. The summed E-state index contributed by atoms with van der Waals surface area (Å²) in [6.45, 7) is 0.132. The Balaban J connectivity index is 2.04. The summed E-state index contributed by atoms with van der Waals surface area (Å²) in [5.74, 6) is 0.565. The molecule has 0 amide bonds. The first-order valence-corrected chi connectivity index (χ1v) is 7.84. The van der Waals surface area contributed by atoms with Gasteiger partial charge in [0.05, 0.1) is 10.8 Å². The highest BCUT2D eigenvalue weighted by molar-refractivity contribution is 7.85. The summed E-state index contributed by atoms with van der Waals surface area (Å²) in [7, 11) is 0.867. The lowest BCUT2D eigenvalue weighted by atomic mass is 10.1. The first kappa shape index (κ1) is 13.7. The number of hydrogen-bond donors (Lipinski definition) is 2. The lowest BCUT2D eigenvalue weighted by molar-refractivity contribution is 0.272. The number of benzene rings is 1. The molecule has 0 fully saturated rings. The Morgan fingerprint density at radius 3 is 2.89 bits per heavy atom. The second kappa shape index (κ2) is 6.45. The molecule has 100 valence electrons. The predicted molar refractivity (Wildman–Crippen MR) is 74.3 cm³/mol. The average molecular weight is 267 g/mol. The van der Waals surface area contributed by atoms with Crippen molar-refractivity contribution in [3.05, 3.63) is 29.3 Å². The predicted octanol–water partition coefficient (Wildman–Crippen LogP) is 1.25. The molecule has 2 atom stereocenters. The van der Waals surface area contributed by atoms with Crippen molar-refractivity contribution in [2.75, 3.05) is 19.4 Å². The van der Waals surface area contributed by atoms with E-state index in [1.165, 1.54) is 17.5 Å². The zero-order valence-electron chi connectivity index (χ0n) is 10.8. The minimum absolute atomic E-state index is 0.115. The summed E-state index contributed by atoms with van der Waals surface area (Å²) in [5, 5.41) is 12.0. The zero-order valence-corrected chi connectivity index (χ0v) is 11.6. The van der Waals surface area contributed by atoms with E-state index in [0.717, 1.165) is 17.7 Å². The van der Waals surface area contributed by atoms with Crippen LogP contribution < -0.4 is 5.32 Å². The van der Waals surface area contributed by atoms with Gasteiger partial charge in [0.1, 0.15) is 0 Å². The molecule has 1 aliphatic rings. The van der Waals surface area contributed by atoms with Crippen LogP contribution in [0.3, 0.4) is 0 Å². The summed E-state index contributed by atoms with van der Waals surface area (Å²) in [6, 6.07) is 6.33. The van der Waals surface area contributed by atoms with Crippen molar-refractivity contribution < 1.29 is 9.32 Å². The van der Waals surface area contributed by atoms with E-state index in [0.29, 0.717) is 12.2 Å². The first-order valence-electron chi connectivity index (χ1n) is 6.53. The van der Waals surface area contributed by atoms with Crippen molar-refractivity contribution in [2.24, 2.45) is 0 Å². The van der Waals surface area contributed by atoms with E-state index in [4.69, 9.17) is 5.11 Å². The van der Waals surface area contributed by atoms with Crippen LogP contribution >= 0.6 is 0 Å². The second-order valence-electron chi connectivity index (χ2n) is 4.79. The van der Waals surface area contributed by atoms with Crippen LogP contribution in [0.25, 0.3) is 0 Å². The van der Waals surface area contributed by atoms with Crippen LogP contribution in [-0.4, -0.2) is 34.8 Å². The molecule has 0 bridgehead atoms. The molecule has 0 saturated carbocycles. The molecule has 0 aliphatic heterocycles. The molecule has 2 N–H and O–H groups in total. The normalized spacial score (nSPS) is 17.4. The van der Waals surface area contributed by atoms with E-state index in [2.05, 4.69) is 17.4 Å². The van der Waals surface area contributed by atoms with Crippen LogP contribution in [0.15, 0.2) is 23.1 Å². The van der Waals surface area contributed by atoms with Crippen molar-refractivity contribution in [3.63, 3.8) is 0 Å². The third kappa shape index (κ3) is 3.19. The maximum atomic E-state index is 12.3. The van der Waals surface area contributed by atoms with Gasteiger partial charge in [-0.1, -0.05) is 6.07 Å². The number of hydrogen-bond acceptors (Lipinski definition) is 3. The standard InChI is InChI=1S/C14H21NO2S/c1-15-13(7-8-16)10-18(17)14-6-5-11-3-2-4-12(11)9-14/h5-6,9,13,15-16H,2-4,7-8,10H2,1H3. The van der Waals surface area contributed by atoms with Gasteiger partial charge in [-0.2, -0.15) is 0 Å². The van der Waals surface area contributed by atoms with Gasteiger partial charge in [-0.15, -0.1) is 0 Å². The van der Waals surface area contributed by atoms with Crippen molar-refractivity contribution in [1.82, 2.24) is 5.32 Å². The third-order valence-electron chi connectivity index (χ3n) is 3.57. The number of aliphatic hydroxyl groups excluding tert-OH is 1. The zero-order chi connectivity index (χ0) is 13.0. The fourth-order valence-corrected chi connectivity index (χ4v) is 3.82. The molecule has 3 nitrogen and oxygen atoms in total. The van der Waals surface area contributed by atoms with E-state index in [1.54, 1.807) is 0 Å². The summed E-state index contributed by atoms with van der Waals surface area (Å²) >= 11 is 0. The Bertz CT molecular complexity index is 434. The molecular weight excluding hydrogens is 246 g/mol. The van der Waals surface area contributed by atoms with Gasteiger partial charge in [-0.25, -0.2) is 0 Å². The quantitative estimate of drug-likeness (QED) is 0.815. The number of fused-ring (bicyclic) bond motifs is 1. The Labute approximate surface area is 111 Å². The molecular formula is C14H21NO2S. The molecule has 4 heteroatoms. The third-order valence-corrected chi connectivity index (χ3v) is 5.06. The van der Waals surface area contributed by atoms with Gasteiger partial charge in [-0.3, -0.25) is 4.21 Å². The van der Waals surface area contributed by atoms with Gasteiger partial charge < -0.3 is 10.4 Å². The van der Waals surface area contributed by atoms with E-state index in [-0.39, 0.29) is 12.6 Å². The summed E-state index contributed by atoms with van der Waals surface area (Å²) in [6.07, 6.45) is 4.14. The van der Waals surface area contributed by atoms with Gasteiger partial charge in [0.2, 0.25) is 0 Å². The van der Waals surface area contributed by atoms with Gasteiger partial charge in [0.15, 0.2) is 0 Å². The van der Waals surface area contributed by atoms with Crippen molar-refractivity contribution in [3.8, 4) is 0 Å². The maximum absolute atomic E-state index is 12.3. The summed E-state index contributed by atoms with van der Waals surface area (Å²) in [4.78, 5) is 0.925. The Morgan fingerprint density at radius 1 is 1.39 bits per heavy atom. The number of nitrogens with one attached hydrogen (secondary N) is 1. The Morgan fingerprint density at radius 2 is 2.17 bits per heavy atom. The monoisotopic (exact) mass is 267 g/mol. The number of aryl methyl sites for hydroxylation is 2. The van der Waals surface area contributed by atoms with Crippen molar-refractivity contribution in [1.29, 1.82) is 0 Å².